The smallest absolute Gasteiger partial charge is 0.0514 e. The van der Waals surface area contributed by atoms with E-state index in [-0.39, 0.29) is 10.8 Å². The molecular weight excluding hydrogens is 232 g/mol. The van der Waals surface area contributed by atoms with Gasteiger partial charge in [-0.25, -0.2) is 0 Å². The van der Waals surface area contributed by atoms with Crippen LogP contribution >= 0.6 is 0 Å². The molecule has 0 aliphatic carbocycles. The van der Waals surface area contributed by atoms with E-state index in [1.807, 2.05) is 0 Å². The van der Waals surface area contributed by atoms with Gasteiger partial charge in [0.15, 0.2) is 0 Å². The lowest BCUT2D eigenvalue weighted by Gasteiger charge is -2.41. The second-order valence-corrected chi connectivity index (χ2v) is 7.37. The van der Waals surface area contributed by atoms with Crippen molar-refractivity contribution in [3.05, 3.63) is 35.8 Å². The van der Waals surface area contributed by atoms with Gasteiger partial charge >= 0.3 is 0 Å². The fourth-order valence-electron chi connectivity index (χ4n) is 2.40. The molecule has 108 valence electrons. The van der Waals surface area contributed by atoms with Crippen LogP contribution in [0.1, 0.15) is 54.9 Å². The van der Waals surface area contributed by atoms with Crippen LogP contribution in [0, 0.1) is 10.8 Å². The van der Waals surface area contributed by atoms with E-state index in [0.717, 1.165) is 12.1 Å². The van der Waals surface area contributed by atoms with Gasteiger partial charge in [0.05, 0.1) is 6.04 Å². The van der Waals surface area contributed by atoms with Crippen molar-refractivity contribution in [2.75, 3.05) is 0 Å². The van der Waals surface area contributed by atoms with Crippen molar-refractivity contribution >= 4 is 0 Å². The van der Waals surface area contributed by atoms with Gasteiger partial charge in [0.1, 0.15) is 0 Å². The molecule has 0 amide bonds. The van der Waals surface area contributed by atoms with Gasteiger partial charge in [-0.1, -0.05) is 60.6 Å². The first-order valence-corrected chi connectivity index (χ1v) is 7.23. The van der Waals surface area contributed by atoms with E-state index in [2.05, 4.69) is 77.8 Å². The Morgan fingerprint density at radius 3 is 2.05 bits per heavy atom. The molecule has 1 aliphatic heterocycles. The van der Waals surface area contributed by atoms with E-state index in [0.29, 0.717) is 6.04 Å². The fourth-order valence-corrected chi connectivity index (χ4v) is 2.40. The van der Waals surface area contributed by atoms with Crippen molar-refractivity contribution in [1.29, 1.82) is 0 Å². The monoisotopic (exact) mass is 262 g/mol. The van der Waals surface area contributed by atoms with Crippen LogP contribution in [0.25, 0.3) is 0 Å². The van der Waals surface area contributed by atoms with Gasteiger partial charge in [0.25, 0.3) is 0 Å². The summed E-state index contributed by atoms with van der Waals surface area (Å²) < 4.78 is 0. The van der Waals surface area contributed by atoms with Gasteiger partial charge in [-0.05, 0) is 12.5 Å². The molecule has 0 bridgehead atoms. The predicted molar refractivity (Wildman–Crippen MR) is 84.3 cm³/mol. The van der Waals surface area contributed by atoms with E-state index >= 15 is 0 Å². The highest BCUT2D eigenvalue weighted by Crippen LogP contribution is 2.38. The zero-order valence-electron chi connectivity index (χ0n) is 13.6. The van der Waals surface area contributed by atoms with Crippen LogP contribution < -0.4 is 5.73 Å². The molecule has 2 nitrogen and oxygen atoms in total. The third kappa shape index (κ3) is 3.65. The first-order chi connectivity index (χ1) is 8.59. The zero-order chi connectivity index (χ0) is 14.8. The third-order valence-electron chi connectivity index (χ3n) is 3.50. The average Bonchev–Trinajstić information content (AvgIpc) is 2.26. The molecular formula is C17H30N2. The van der Waals surface area contributed by atoms with Crippen LogP contribution in [0.15, 0.2) is 35.8 Å². The van der Waals surface area contributed by atoms with Crippen molar-refractivity contribution < 1.29 is 0 Å². The predicted octanol–water partition coefficient (Wildman–Crippen LogP) is 4.41. The van der Waals surface area contributed by atoms with Crippen LogP contribution in [-0.4, -0.2) is 10.9 Å². The van der Waals surface area contributed by atoms with Crippen molar-refractivity contribution in [3.63, 3.8) is 0 Å². The molecule has 0 saturated carbocycles. The summed E-state index contributed by atoms with van der Waals surface area (Å²) in [6.07, 6.45) is 9.71. The Bertz CT molecular complexity index is 400. The van der Waals surface area contributed by atoms with E-state index in [9.17, 15) is 0 Å². The minimum absolute atomic E-state index is 0.0180. The molecule has 2 heteroatoms. The Morgan fingerprint density at radius 2 is 1.63 bits per heavy atom. The second kappa shape index (κ2) is 5.44. The Labute approximate surface area is 119 Å². The van der Waals surface area contributed by atoms with E-state index in [1.54, 1.807) is 0 Å². The first-order valence-electron chi connectivity index (χ1n) is 7.23. The van der Waals surface area contributed by atoms with E-state index < -0.39 is 0 Å². The summed E-state index contributed by atoms with van der Waals surface area (Å²) in [6, 6.07) is 0.403. The Morgan fingerprint density at radius 1 is 1.05 bits per heavy atom. The summed E-state index contributed by atoms with van der Waals surface area (Å²) >= 11 is 0. The molecule has 0 aromatic rings. The van der Waals surface area contributed by atoms with Gasteiger partial charge in [-0.3, -0.25) is 0 Å². The maximum absolute atomic E-state index is 6.51. The number of nitrogens with zero attached hydrogens (tertiary/aromatic N) is 1. The Balaban J connectivity index is 3.35. The molecule has 1 aliphatic rings. The number of hydrogen-bond acceptors (Lipinski definition) is 2. The van der Waals surface area contributed by atoms with Crippen LogP contribution in [0.4, 0.5) is 0 Å². The molecule has 0 spiro atoms. The van der Waals surface area contributed by atoms with Crippen molar-refractivity contribution in [3.8, 4) is 0 Å². The van der Waals surface area contributed by atoms with Crippen molar-refractivity contribution in [2.45, 2.75) is 60.9 Å². The van der Waals surface area contributed by atoms with Crippen LogP contribution in [0.3, 0.4) is 0 Å². The molecule has 0 aromatic heterocycles. The summed E-state index contributed by atoms with van der Waals surface area (Å²) in [6.45, 7) is 15.5. The van der Waals surface area contributed by atoms with Gasteiger partial charge in [-0.2, -0.15) is 0 Å². The first kappa shape index (κ1) is 15.9. The normalized spacial score (nSPS) is 21.6. The summed E-state index contributed by atoms with van der Waals surface area (Å²) in [5, 5.41) is 0. The molecule has 1 atom stereocenters. The van der Waals surface area contributed by atoms with Gasteiger partial charge in [0.2, 0.25) is 0 Å². The number of nitrogens with two attached hydrogens (primary N) is 1. The minimum atomic E-state index is -0.0180. The molecule has 0 fully saturated rings. The molecule has 19 heavy (non-hydrogen) atoms. The lowest BCUT2D eigenvalue weighted by molar-refractivity contribution is 0.275. The largest absolute Gasteiger partial charge is 0.400 e. The van der Waals surface area contributed by atoms with Crippen molar-refractivity contribution in [1.82, 2.24) is 4.90 Å². The number of rotatable bonds is 2. The molecule has 1 heterocycles. The van der Waals surface area contributed by atoms with E-state index in [4.69, 9.17) is 5.73 Å². The topological polar surface area (TPSA) is 29.3 Å². The van der Waals surface area contributed by atoms with Crippen LogP contribution in [-0.2, 0) is 0 Å². The van der Waals surface area contributed by atoms with Crippen molar-refractivity contribution in [2.24, 2.45) is 16.6 Å². The van der Waals surface area contributed by atoms with E-state index in [1.165, 1.54) is 5.70 Å². The zero-order valence-corrected chi connectivity index (χ0v) is 13.6. The van der Waals surface area contributed by atoms with Gasteiger partial charge < -0.3 is 10.6 Å². The SMILES string of the molecule is CCC1C=CC=CN1/C(=C(\N)C(C)(C)C)C(C)(C)C. The molecule has 0 saturated heterocycles. The summed E-state index contributed by atoms with van der Waals surface area (Å²) in [5.41, 5.74) is 8.75. The highest BCUT2D eigenvalue weighted by molar-refractivity contribution is 5.28. The second-order valence-electron chi connectivity index (χ2n) is 7.37. The highest BCUT2D eigenvalue weighted by Gasteiger charge is 2.32. The lowest BCUT2D eigenvalue weighted by atomic mass is 9.81. The standard InChI is InChI=1S/C17H30N2/c1-8-13-11-9-10-12-19(13)15(17(5,6)7)14(18)16(2,3)4/h9-13H,8,18H2,1-7H3/b15-14-. The summed E-state index contributed by atoms with van der Waals surface area (Å²) in [7, 11) is 0. The molecule has 1 unspecified atom stereocenters. The maximum Gasteiger partial charge on any atom is 0.0514 e. The lowest BCUT2D eigenvalue weighted by Crippen LogP contribution is -2.39. The molecule has 2 N–H and O–H groups in total. The number of allylic oxidation sites excluding steroid dienone is 4. The fraction of sp³-hybridized carbons (Fsp3) is 0.647. The quantitative estimate of drug-likeness (QED) is 0.798. The Hall–Kier alpha value is -1.18. The van der Waals surface area contributed by atoms with Gasteiger partial charge in [0, 0.05) is 28.4 Å². The molecule has 0 aromatic carbocycles. The summed E-state index contributed by atoms with van der Waals surface area (Å²) in [4.78, 5) is 2.35. The summed E-state index contributed by atoms with van der Waals surface area (Å²) in [5.74, 6) is 0. The molecule has 1 rings (SSSR count). The highest BCUT2D eigenvalue weighted by atomic mass is 15.2. The van der Waals surface area contributed by atoms with Crippen LogP contribution in [0.2, 0.25) is 0 Å². The third-order valence-corrected chi connectivity index (χ3v) is 3.50. The van der Waals surface area contributed by atoms with Crippen LogP contribution in [0.5, 0.6) is 0 Å². The maximum atomic E-state index is 6.51. The Kier molecular flexibility index (Phi) is 4.54. The van der Waals surface area contributed by atoms with Gasteiger partial charge in [-0.15, -0.1) is 0 Å². The minimum Gasteiger partial charge on any atom is -0.400 e. The number of hydrogen-bond donors (Lipinski definition) is 1. The molecule has 0 radical (unpaired) electrons. The average molecular weight is 262 g/mol.